The van der Waals surface area contributed by atoms with Crippen LogP contribution in [0.4, 0.5) is 11.4 Å². The van der Waals surface area contributed by atoms with Crippen LogP contribution in [0.25, 0.3) is 0 Å². The predicted molar refractivity (Wildman–Crippen MR) is 96.2 cm³/mol. The molecule has 2 aromatic carbocycles. The number of ether oxygens (including phenoxy) is 1. The molecule has 0 unspecified atom stereocenters. The Morgan fingerprint density at radius 3 is 2.62 bits per heavy atom. The van der Waals surface area contributed by atoms with Crippen LogP contribution in [0.15, 0.2) is 42.5 Å². The minimum Gasteiger partial charge on any atom is -0.462 e. The fraction of sp³-hybridized carbons (Fsp3) is 0.125. The summed E-state index contributed by atoms with van der Waals surface area (Å²) >= 11 is 1.87. The van der Waals surface area contributed by atoms with Crippen LogP contribution in [0.5, 0.6) is 0 Å². The average molecular weight is 440 g/mol. The zero-order chi connectivity index (χ0) is 17.7. The van der Waals surface area contributed by atoms with Crippen molar-refractivity contribution >= 4 is 45.8 Å². The standard InChI is InChI=1S/C16H13IN2O5/c1-2-24-16(21)10-4-3-5-11(8-10)18-15(20)13-7-6-12(19(22)23)9-14(13)17/h3-9H,2H2,1H3,(H,18,20). The molecule has 0 aliphatic rings. The lowest BCUT2D eigenvalue weighted by Gasteiger charge is -2.08. The van der Waals surface area contributed by atoms with Gasteiger partial charge in [0.25, 0.3) is 11.6 Å². The second-order valence-corrected chi connectivity index (χ2v) is 5.84. The van der Waals surface area contributed by atoms with E-state index in [4.69, 9.17) is 4.74 Å². The van der Waals surface area contributed by atoms with E-state index in [0.29, 0.717) is 20.4 Å². The molecule has 24 heavy (non-hydrogen) atoms. The maximum atomic E-state index is 12.3. The van der Waals surface area contributed by atoms with Crippen molar-refractivity contribution in [2.75, 3.05) is 11.9 Å². The fourth-order valence-electron chi connectivity index (χ4n) is 1.94. The van der Waals surface area contributed by atoms with E-state index in [9.17, 15) is 19.7 Å². The minimum absolute atomic E-state index is 0.0831. The van der Waals surface area contributed by atoms with Crippen molar-refractivity contribution < 1.29 is 19.2 Å². The van der Waals surface area contributed by atoms with E-state index in [0.717, 1.165) is 0 Å². The summed E-state index contributed by atoms with van der Waals surface area (Å²) in [6, 6.07) is 10.3. The Bertz CT molecular complexity index is 807. The molecule has 0 saturated heterocycles. The molecule has 8 heteroatoms. The number of non-ortho nitro benzene ring substituents is 1. The molecule has 0 aromatic heterocycles. The number of nitrogens with one attached hydrogen (secondary N) is 1. The molecule has 0 bridgehead atoms. The molecule has 0 atom stereocenters. The normalized spacial score (nSPS) is 10.1. The third kappa shape index (κ3) is 4.28. The minimum atomic E-state index is -0.521. The van der Waals surface area contributed by atoms with E-state index in [1.807, 2.05) is 22.6 Å². The number of anilines is 1. The van der Waals surface area contributed by atoms with Crippen LogP contribution in [0.1, 0.15) is 27.6 Å². The Labute approximate surface area is 151 Å². The molecule has 124 valence electrons. The van der Waals surface area contributed by atoms with Crippen LogP contribution in [-0.4, -0.2) is 23.4 Å². The molecule has 0 aliphatic heterocycles. The predicted octanol–water partition coefficient (Wildman–Crippen LogP) is 3.63. The highest BCUT2D eigenvalue weighted by atomic mass is 127. The monoisotopic (exact) mass is 440 g/mol. The summed E-state index contributed by atoms with van der Waals surface area (Å²) in [6.45, 7) is 1.97. The molecule has 2 aromatic rings. The van der Waals surface area contributed by atoms with E-state index < -0.39 is 16.8 Å². The molecular formula is C16H13IN2O5. The first-order chi connectivity index (χ1) is 11.4. The van der Waals surface area contributed by atoms with Crippen molar-refractivity contribution in [1.29, 1.82) is 0 Å². The number of nitro groups is 1. The van der Waals surface area contributed by atoms with Gasteiger partial charge < -0.3 is 10.1 Å². The first-order valence-electron chi connectivity index (χ1n) is 6.95. The molecule has 0 saturated carbocycles. The Morgan fingerprint density at radius 2 is 2.00 bits per heavy atom. The van der Waals surface area contributed by atoms with Crippen LogP contribution in [0.2, 0.25) is 0 Å². The molecule has 1 N–H and O–H groups in total. The van der Waals surface area contributed by atoms with Gasteiger partial charge >= 0.3 is 5.97 Å². The number of hydrogen-bond donors (Lipinski definition) is 1. The number of esters is 1. The third-order valence-electron chi connectivity index (χ3n) is 3.04. The average Bonchev–Trinajstić information content (AvgIpc) is 2.55. The second-order valence-electron chi connectivity index (χ2n) is 4.68. The van der Waals surface area contributed by atoms with Gasteiger partial charge in [0.2, 0.25) is 0 Å². The smallest absolute Gasteiger partial charge is 0.338 e. The largest absolute Gasteiger partial charge is 0.462 e. The molecule has 0 heterocycles. The molecule has 0 aliphatic carbocycles. The van der Waals surface area contributed by atoms with Gasteiger partial charge in [-0.3, -0.25) is 14.9 Å². The maximum absolute atomic E-state index is 12.3. The zero-order valence-corrected chi connectivity index (χ0v) is 14.8. The number of nitro benzene ring substituents is 1. The van der Waals surface area contributed by atoms with Gasteiger partial charge in [-0.2, -0.15) is 0 Å². The van der Waals surface area contributed by atoms with Gasteiger partial charge in [-0.1, -0.05) is 6.07 Å². The van der Waals surface area contributed by atoms with Crippen LogP contribution in [0.3, 0.4) is 0 Å². The molecule has 7 nitrogen and oxygen atoms in total. The van der Waals surface area contributed by atoms with Crippen molar-refractivity contribution in [1.82, 2.24) is 0 Å². The van der Waals surface area contributed by atoms with E-state index in [1.165, 1.54) is 24.3 Å². The lowest BCUT2D eigenvalue weighted by molar-refractivity contribution is -0.384. The number of amides is 1. The number of benzene rings is 2. The number of carbonyl (C=O) groups is 2. The Kier molecular flexibility index (Phi) is 5.85. The van der Waals surface area contributed by atoms with Gasteiger partial charge in [0, 0.05) is 21.4 Å². The van der Waals surface area contributed by atoms with E-state index in [1.54, 1.807) is 25.1 Å². The molecular weight excluding hydrogens is 427 g/mol. The number of nitrogens with zero attached hydrogens (tertiary/aromatic N) is 1. The van der Waals surface area contributed by atoms with Crippen molar-refractivity contribution in [3.63, 3.8) is 0 Å². The van der Waals surface area contributed by atoms with Crippen LogP contribution in [0, 0.1) is 13.7 Å². The van der Waals surface area contributed by atoms with Crippen LogP contribution in [-0.2, 0) is 4.74 Å². The first-order valence-corrected chi connectivity index (χ1v) is 8.02. The first kappa shape index (κ1) is 17.9. The van der Waals surface area contributed by atoms with Gasteiger partial charge in [-0.15, -0.1) is 0 Å². The summed E-state index contributed by atoms with van der Waals surface area (Å²) in [7, 11) is 0. The number of hydrogen-bond acceptors (Lipinski definition) is 5. The van der Waals surface area contributed by atoms with Crippen LogP contribution >= 0.6 is 22.6 Å². The molecule has 0 radical (unpaired) electrons. The van der Waals surface area contributed by atoms with Gasteiger partial charge in [-0.25, -0.2) is 4.79 Å². The van der Waals surface area contributed by atoms with Gasteiger partial charge in [-0.05, 0) is 53.8 Å². The lowest BCUT2D eigenvalue weighted by Crippen LogP contribution is -2.14. The van der Waals surface area contributed by atoms with Crippen molar-refractivity contribution in [3.05, 3.63) is 67.3 Å². The van der Waals surface area contributed by atoms with E-state index >= 15 is 0 Å². The Hall–Kier alpha value is -2.49. The quantitative estimate of drug-likeness (QED) is 0.332. The SMILES string of the molecule is CCOC(=O)c1cccc(NC(=O)c2ccc([N+](=O)[O-])cc2I)c1. The number of carbonyl (C=O) groups excluding carboxylic acids is 2. The zero-order valence-electron chi connectivity index (χ0n) is 12.6. The number of rotatable bonds is 5. The van der Waals surface area contributed by atoms with Crippen molar-refractivity contribution in [2.24, 2.45) is 0 Å². The fourth-order valence-corrected chi connectivity index (χ4v) is 2.68. The maximum Gasteiger partial charge on any atom is 0.338 e. The molecule has 0 spiro atoms. The Balaban J connectivity index is 2.19. The molecule has 2 rings (SSSR count). The highest BCUT2D eigenvalue weighted by molar-refractivity contribution is 14.1. The summed E-state index contributed by atoms with van der Waals surface area (Å²) in [6.07, 6.45) is 0. The Morgan fingerprint density at radius 1 is 1.25 bits per heavy atom. The third-order valence-corrected chi connectivity index (χ3v) is 3.93. The summed E-state index contributed by atoms with van der Waals surface area (Å²) in [5.41, 5.74) is 0.982. The topological polar surface area (TPSA) is 98.5 Å². The molecule has 0 fully saturated rings. The second kappa shape index (κ2) is 7.86. The van der Waals surface area contributed by atoms with Gasteiger partial charge in [0.05, 0.1) is 22.7 Å². The van der Waals surface area contributed by atoms with E-state index in [-0.39, 0.29) is 12.3 Å². The lowest BCUT2D eigenvalue weighted by atomic mass is 10.1. The number of halogens is 1. The highest BCUT2D eigenvalue weighted by Gasteiger charge is 2.15. The van der Waals surface area contributed by atoms with Crippen molar-refractivity contribution in [2.45, 2.75) is 6.92 Å². The summed E-state index contributed by atoms with van der Waals surface area (Å²) in [4.78, 5) is 34.2. The summed E-state index contributed by atoms with van der Waals surface area (Å²) in [5.74, 6) is -0.895. The van der Waals surface area contributed by atoms with Gasteiger partial charge in [0.15, 0.2) is 0 Å². The molecule has 1 amide bonds. The highest BCUT2D eigenvalue weighted by Crippen LogP contribution is 2.21. The van der Waals surface area contributed by atoms with Crippen molar-refractivity contribution in [3.8, 4) is 0 Å². The summed E-state index contributed by atoms with van der Waals surface area (Å²) < 4.78 is 5.37. The summed E-state index contributed by atoms with van der Waals surface area (Å²) in [5, 5.41) is 13.4. The van der Waals surface area contributed by atoms with Crippen LogP contribution < -0.4 is 5.32 Å². The van der Waals surface area contributed by atoms with E-state index in [2.05, 4.69) is 5.32 Å². The van der Waals surface area contributed by atoms with Gasteiger partial charge in [0.1, 0.15) is 0 Å².